The molecular formula is C13H23NO5. The van der Waals surface area contributed by atoms with Crippen LogP contribution >= 0.6 is 0 Å². The molecule has 0 saturated heterocycles. The van der Waals surface area contributed by atoms with E-state index in [0.717, 1.165) is 0 Å². The Kier molecular flexibility index (Phi) is 9.74. The topological polar surface area (TPSA) is 65.1 Å². The molecule has 0 aromatic heterocycles. The zero-order chi connectivity index (χ0) is 14.7. The number of methoxy groups -OCH3 is 1. The van der Waals surface area contributed by atoms with Crippen LogP contribution in [0.15, 0.2) is 11.8 Å². The van der Waals surface area contributed by atoms with Crippen molar-refractivity contribution in [2.24, 2.45) is 0 Å². The molecule has 6 nitrogen and oxygen atoms in total. The van der Waals surface area contributed by atoms with Crippen molar-refractivity contribution in [2.45, 2.75) is 13.3 Å². The largest absolute Gasteiger partial charge is 0.462 e. The van der Waals surface area contributed by atoms with Gasteiger partial charge in [0.25, 0.3) is 0 Å². The van der Waals surface area contributed by atoms with Crippen LogP contribution < -0.4 is 0 Å². The SMILES string of the molecule is CCOC(=O)/C(=C/N(C)C)C(=O)CCOCCOC. The van der Waals surface area contributed by atoms with Crippen LogP contribution in [0.3, 0.4) is 0 Å². The third-order valence-electron chi connectivity index (χ3n) is 2.09. The van der Waals surface area contributed by atoms with Crippen LogP contribution in [0.1, 0.15) is 13.3 Å². The van der Waals surface area contributed by atoms with E-state index in [4.69, 9.17) is 14.2 Å². The Morgan fingerprint density at radius 2 is 1.84 bits per heavy atom. The molecule has 0 aromatic carbocycles. The highest BCUT2D eigenvalue weighted by Crippen LogP contribution is 2.05. The van der Waals surface area contributed by atoms with Gasteiger partial charge in [-0.1, -0.05) is 0 Å². The lowest BCUT2D eigenvalue weighted by Crippen LogP contribution is -2.20. The molecule has 0 atom stereocenters. The fourth-order valence-electron chi connectivity index (χ4n) is 1.25. The van der Waals surface area contributed by atoms with Gasteiger partial charge < -0.3 is 19.1 Å². The van der Waals surface area contributed by atoms with Gasteiger partial charge in [-0.15, -0.1) is 0 Å². The number of rotatable bonds is 10. The standard InChI is InChI=1S/C13H23NO5/c1-5-19-13(16)11(10-14(2)3)12(15)6-7-18-9-8-17-4/h10H,5-9H2,1-4H3/b11-10+. The maximum atomic E-state index is 11.9. The maximum Gasteiger partial charge on any atom is 0.343 e. The van der Waals surface area contributed by atoms with E-state index in [2.05, 4.69) is 0 Å². The van der Waals surface area contributed by atoms with Gasteiger partial charge in [-0.3, -0.25) is 4.79 Å². The number of hydrogen-bond donors (Lipinski definition) is 0. The molecule has 0 rings (SSSR count). The van der Waals surface area contributed by atoms with Crippen molar-refractivity contribution in [1.82, 2.24) is 4.90 Å². The van der Waals surface area contributed by atoms with E-state index in [1.807, 2.05) is 0 Å². The molecule has 0 aliphatic heterocycles. The molecule has 0 N–H and O–H groups in total. The summed E-state index contributed by atoms with van der Waals surface area (Å²) in [6.07, 6.45) is 1.61. The molecule has 0 aliphatic carbocycles. The molecule has 0 spiro atoms. The molecular weight excluding hydrogens is 250 g/mol. The lowest BCUT2D eigenvalue weighted by molar-refractivity contribution is -0.140. The normalized spacial score (nSPS) is 11.3. The van der Waals surface area contributed by atoms with Crippen molar-refractivity contribution < 1.29 is 23.8 Å². The minimum Gasteiger partial charge on any atom is -0.462 e. The first-order chi connectivity index (χ1) is 9.02. The molecule has 6 heteroatoms. The molecule has 0 bridgehead atoms. The Morgan fingerprint density at radius 3 is 2.37 bits per heavy atom. The minimum atomic E-state index is -0.599. The fourth-order valence-corrected chi connectivity index (χ4v) is 1.25. The summed E-state index contributed by atoms with van der Waals surface area (Å²) in [5.74, 6) is -0.886. The average molecular weight is 273 g/mol. The van der Waals surface area contributed by atoms with E-state index in [1.165, 1.54) is 6.20 Å². The van der Waals surface area contributed by atoms with Crippen LogP contribution in [-0.2, 0) is 23.8 Å². The Bertz CT molecular complexity index is 312. The van der Waals surface area contributed by atoms with Gasteiger partial charge in [0.1, 0.15) is 5.57 Å². The van der Waals surface area contributed by atoms with Crippen molar-refractivity contribution in [2.75, 3.05) is 47.6 Å². The third-order valence-corrected chi connectivity index (χ3v) is 2.09. The quantitative estimate of drug-likeness (QED) is 0.191. The Balaban J connectivity index is 4.36. The maximum absolute atomic E-state index is 11.9. The Labute approximate surface area is 114 Å². The minimum absolute atomic E-state index is 0.0437. The molecule has 110 valence electrons. The van der Waals surface area contributed by atoms with Gasteiger partial charge in [-0.05, 0) is 6.92 Å². The predicted molar refractivity (Wildman–Crippen MR) is 70.7 cm³/mol. The van der Waals surface area contributed by atoms with Crippen LogP contribution in [-0.4, -0.2) is 64.3 Å². The van der Waals surface area contributed by atoms with E-state index in [1.54, 1.807) is 33.0 Å². The second-order valence-electron chi connectivity index (χ2n) is 4.01. The number of Topliss-reactive ketones (excluding diaryl/α,β-unsaturated/α-hetero) is 1. The zero-order valence-electron chi connectivity index (χ0n) is 12.1. The molecule has 0 saturated carbocycles. The highest BCUT2D eigenvalue weighted by molar-refractivity contribution is 6.17. The zero-order valence-corrected chi connectivity index (χ0v) is 12.1. The van der Waals surface area contributed by atoms with Gasteiger partial charge in [0.2, 0.25) is 0 Å². The number of ether oxygens (including phenoxy) is 3. The fraction of sp³-hybridized carbons (Fsp3) is 0.692. The lowest BCUT2D eigenvalue weighted by atomic mass is 10.1. The van der Waals surface area contributed by atoms with Crippen molar-refractivity contribution in [3.8, 4) is 0 Å². The Morgan fingerprint density at radius 1 is 1.16 bits per heavy atom. The summed E-state index contributed by atoms with van der Waals surface area (Å²) < 4.78 is 14.9. The summed E-state index contributed by atoms with van der Waals surface area (Å²) in [6, 6.07) is 0. The van der Waals surface area contributed by atoms with Crippen LogP contribution in [0.25, 0.3) is 0 Å². The summed E-state index contributed by atoms with van der Waals surface area (Å²) in [5, 5.41) is 0. The summed E-state index contributed by atoms with van der Waals surface area (Å²) >= 11 is 0. The number of nitrogens with zero attached hydrogens (tertiary/aromatic N) is 1. The second-order valence-corrected chi connectivity index (χ2v) is 4.01. The number of carbonyl (C=O) groups is 2. The number of esters is 1. The summed E-state index contributed by atoms with van der Waals surface area (Å²) in [6.45, 7) is 3.10. The van der Waals surface area contributed by atoms with Crippen molar-refractivity contribution in [3.05, 3.63) is 11.8 Å². The first-order valence-electron chi connectivity index (χ1n) is 6.18. The number of ketones is 1. The summed E-state index contributed by atoms with van der Waals surface area (Å²) in [5.41, 5.74) is 0.0437. The van der Waals surface area contributed by atoms with Crippen molar-refractivity contribution in [1.29, 1.82) is 0 Å². The highest BCUT2D eigenvalue weighted by atomic mass is 16.5. The molecule has 0 heterocycles. The Hall–Kier alpha value is -1.40. The number of carbonyl (C=O) groups excluding carboxylic acids is 2. The first kappa shape index (κ1) is 17.6. The molecule has 0 unspecified atom stereocenters. The number of hydrogen-bond acceptors (Lipinski definition) is 6. The van der Waals surface area contributed by atoms with E-state index in [9.17, 15) is 9.59 Å². The van der Waals surface area contributed by atoms with Crippen LogP contribution in [0.2, 0.25) is 0 Å². The predicted octanol–water partition coefficient (Wildman–Crippen LogP) is 0.617. The van der Waals surface area contributed by atoms with Crippen molar-refractivity contribution in [3.63, 3.8) is 0 Å². The molecule has 0 radical (unpaired) electrons. The molecule has 0 fully saturated rings. The van der Waals surface area contributed by atoms with Crippen LogP contribution in [0.4, 0.5) is 0 Å². The highest BCUT2D eigenvalue weighted by Gasteiger charge is 2.19. The van der Waals surface area contributed by atoms with Gasteiger partial charge in [-0.25, -0.2) is 4.79 Å². The van der Waals surface area contributed by atoms with Gasteiger partial charge in [0, 0.05) is 33.8 Å². The van der Waals surface area contributed by atoms with Crippen LogP contribution in [0, 0.1) is 0 Å². The van der Waals surface area contributed by atoms with E-state index in [-0.39, 0.29) is 31.0 Å². The van der Waals surface area contributed by atoms with Gasteiger partial charge in [-0.2, -0.15) is 0 Å². The monoisotopic (exact) mass is 273 g/mol. The van der Waals surface area contributed by atoms with Crippen molar-refractivity contribution >= 4 is 11.8 Å². The van der Waals surface area contributed by atoms with Gasteiger partial charge in [0.15, 0.2) is 5.78 Å². The van der Waals surface area contributed by atoms with E-state index >= 15 is 0 Å². The van der Waals surface area contributed by atoms with Gasteiger partial charge in [0.05, 0.1) is 26.4 Å². The van der Waals surface area contributed by atoms with E-state index in [0.29, 0.717) is 13.2 Å². The second kappa shape index (κ2) is 10.5. The molecule has 19 heavy (non-hydrogen) atoms. The summed E-state index contributed by atoms with van der Waals surface area (Å²) in [7, 11) is 5.05. The average Bonchev–Trinajstić information content (AvgIpc) is 2.35. The summed E-state index contributed by atoms with van der Waals surface area (Å²) in [4.78, 5) is 25.2. The molecule has 0 amide bonds. The molecule has 0 aromatic rings. The van der Waals surface area contributed by atoms with Gasteiger partial charge >= 0.3 is 5.97 Å². The van der Waals surface area contributed by atoms with E-state index < -0.39 is 5.97 Å². The molecule has 0 aliphatic rings. The third kappa shape index (κ3) is 8.34. The van der Waals surface area contributed by atoms with Crippen LogP contribution in [0.5, 0.6) is 0 Å². The lowest BCUT2D eigenvalue weighted by Gasteiger charge is -2.10. The smallest absolute Gasteiger partial charge is 0.343 e. The first-order valence-corrected chi connectivity index (χ1v) is 6.18.